The van der Waals surface area contributed by atoms with Gasteiger partial charge in [-0.2, -0.15) is 0 Å². The smallest absolute Gasteiger partial charge is 0.339 e. The number of carboxylic acids is 1. The lowest BCUT2D eigenvalue weighted by Gasteiger charge is -2.20. The van der Waals surface area contributed by atoms with E-state index in [-0.39, 0.29) is 22.5 Å². The summed E-state index contributed by atoms with van der Waals surface area (Å²) in [6.45, 7) is 1.53. The number of hydrogen-bond donors (Lipinski definition) is 2. The van der Waals surface area contributed by atoms with E-state index in [1.54, 1.807) is 48.5 Å². The van der Waals surface area contributed by atoms with Gasteiger partial charge in [0.15, 0.2) is 0 Å². The summed E-state index contributed by atoms with van der Waals surface area (Å²) in [5, 5.41) is 32.5. The number of pyridine rings is 1. The third-order valence-electron chi connectivity index (χ3n) is 4.92. The van der Waals surface area contributed by atoms with Crippen LogP contribution in [0.2, 0.25) is 0 Å². The van der Waals surface area contributed by atoms with E-state index < -0.39 is 23.0 Å². The highest BCUT2D eigenvalue weighted by Gasteiger charge is 2.15. The van der Waals surface area contributed by atoms with E-state index in [4.69, 9.17) is 5.11 Å². The van der Waals surface area contributed by atoms with Crippen LogP contribution < -0.4 is 10.7 Å². The van der Waals surface area contributed by atoms with Crippen molar-refractivity contribution in [3.05, 3.63) is 94.3 Å². The highest BCUT2D eigenvalue weighted by molar-refractivity contribution is 6.06. The van der Waals surface area contributed by atoms with Crippen molar-refractivity contribution in [1.82, 2.24) is 4.57 Å². The number of hydrogen-bond acceptors (Lipinski definition) is 5. The van der Waals surface area contributed by atoms with Gasteiger partial charge in [-0.05, 0) is 42.6 Å². The van der Waals surface area contributed by atoms with Crippen molar-refractivity contribution >= 4 is 28.3 Å². The Hall–Kier alpha value is -4.39. The number of phenols is 1. The summed E-state index contributed by atoms with van der Waals surface area (Å²) >= 11 is 0. The lowest BCUT2D eigenvalue weighted by Crippen LogP contribution is -2.27. The first-order valence-electron chi connectivity index (χ1n) is 9.40. The first-order valence-corrected chi connectivity index (χ1v) is 9.40. The van der Waals surface area contributed by atoms with Gasteiger partial charge < -0.3 is 15.3 Å². The summed E-state index contributed by atoms with van der Waals surface area (Å²) in [6, 6.07) is 19.6. The van der Waals surface area contributed by atoms with Gasteiger partial charge in [-0.25, -0.2) is 4.79 Å². The molecule has 1 heterocycles. The van der Waals surface area contributed by atoms with Gasteiger partial charge in [0.05, 0.1) is 22.5 Å². The second kappa shape index (κ2) is 7.79. The van der Waals surface area contributed by atoms with Crippen LogP contribution in [-0.2, 0) is 0 Å². The first kappa shape index (κ1) is 19.9. The highest BCUT2D eigenvalue weighted by atomic mass is 16.4. The van der Waals surface area contributed by atoms with E-state index in [1.807, 2.05) is 6.07 Å². The van der Waals surface area contributed by atoms with Gasteiger partial charge in [0.1, 0.15) is 11.3 Å². The standard InChI is InChI=1S/C24H18N2O5/c1-14(25-15-11-12-18(24(30)31)20(27)13-15)21-22(28)17-9-5-6-10-19(17)26(23(21)29)16-7-3-2-4-8-16/h2-13,27-28H,1H3,(H,30,31)/p-1. The molecule has 0 unspecified atom stereocenters. The average Bonchev–Trinajstić information content (AvgIpc) is 2.74. The van der Waals surface area contributed by atoms with E-state index in [0.717, 1.165) is 0 Å². The Bertz CT molecular complexity index is 1410. The molecular formula is C24H17N2O5-. The average molecular weight is 413 g/mol. The number of aliphatic imine (C=N–C) groups is 1. The van der Waals surface area contributed by atoms with E-state index in [9.17, 15) is 19.8 Å². The SMILES string of the molecule is CC(=Nc1ccc(C(=O)O)c(O)c1)c1c([O-])c2ccccc2n(-c2ccccc2)c1=O. The number of para-hydroxylation sites is 2. The number of benzene rings is 3. The molecular weight excluding hydrogens is 396 g/mol. The van der Waals surface area contributed by atoms with Crippen molar-refractivity contribution < 1.29 is 20.1 Å². The quantitative estimate of drug-likeness (QED) is 0.496. The molecule has 0 radical (unpaired) electrons. The first-order chi connectivity index (χ1) is 14.9. The molecule has 0 saturated heterocycles. The van der Waals surface area contributed by atoms with Gasteiger partial charge in [-0.3, -0.25) is 14.4 Å². The molecule has 0 aliphatic rings. The van der Waals surface area contributed by atoms with Crippen molar-refractivity contribution in [3.63, 3.8) is 0 Å². The molecule has 31 heavy (non-hydrogen) atoms. The minimum Gasteiger partial charge on any atom is -0.871 e. The number of rotatable bonds is 4. The summed E-state index contributed by atoms with van der Waals surface area (Å²) in [7, 11) is 0. The molecule has 0 bridgehead atoms. The minimum absolute atomic E-state index is 0.0932. The number of aromatic nitrogens is 1. The third-order valence-corrected chi connectivity index (χ3v) is 4.92. The van der Waals surface area contributed by atoms with Crippen LogP contribution in [0.5, 0.6) is 11.5 Å². The van der Waals surface area contributed by atoms with Crippen LogP contribution in [-0.4, -0.2) is 26.5 Å². The predicted molar refractivity (Wildman–Crippen MR) is 116 cm³/mol. The summed E-state index contributed by atoms with van der Waals surface area (Å²) in [6.07, 6.45) is 0. The number of aromatic carboxylic acids is 1. The van der Waals surface area contributed by atoms with Crippen molar-refractivity contribution in [2.75, 3.05) is 0 Å². The zero-order valence-electron chi connectivity index (χ0n) is 16.4. The number of carbonyl (C=O) groups is 1. The lowest BCUT2D eigenvalue weighted by molar-refractivity contribution is -0.266. The zero-order valence-corrected chi connectivity index (χ0v) is 16.4. The topological polar surface area (TPSA) is 115 Å². The van der Waals surface area contributed by atoms with Crippen molar-refractivity contribution in [2.45, 2.75) is 6.92 Å². The van der Waals surface area contributed by atoms with Crippen molar-refractivity contribution in [3.8, 4) is 17.2 Å². The fourth-order valence-corrected chi connectivity index (χ4v) is 3.49. The molecule has 7 heteroatoms. The Morgan fingerprint density at radius 3 is 2.35 bits per heavy atom. The van der Waals surface area contributed by atoms with Crippen LogP contribution >= 0.6 is 0 Å². The summed E-state index contributed by atoms with van der Waals surface area (Å²) in [4.78, 5) is 28.8. The molecule has 7 nitrogen and oxygen atoms in total. The number of aromatic hydroxyl groups is 1. The summed E-state index contributed by atoms with van der Waals surface area (Å²) < 4.78 is 1.47. The van der Waals surface area contributed by atoms with Gasteiger partial charge in [0.25, 0.3) is 5.56 Å². The molecule has 4 aromatic rings. The maximum Gasteiger partial charge on any atom is 0.339 e. The zero-order chi connectivity index (χ0) is 22.1. The Balaban J connectivity index is 1.96. The van der Waals surface area contributed by atoms with Gasteiger partial charge in [0.2, 0.25) is 0 Å². The van der Waals surface area contributed by atoms with E-state index in [2.05, 4.69) is 4.99 Å². The Labute approximate surface area is 176 Å². The number of nitrogens with zero attached hydrogens (tertiary/aromatic N) is 2. The molecule has 0 fully saturated rings. The van der Waals surface area contributed by atoms with Gasteiger partial charge >= 0.3 is 5.97 Å². The second-order valence-corrected chi connectivity index (χ2v) is 6.90. The molecule has 2 N–H and O–H groups in total. The van der Waals surface area contributed by atoms with Crippen LogP contribution in [0.1, 0.15) is 22.8 Å². The predicted octanol–water partition coefficient (Wildman–Crippen LogP) is 3.61. The largest absolute Gasteiger partial charge is 0.871 e. The Morgan fingerprint density at radius 1 is 1.00 bits per heavy atom. The van der Waals surface area contributed by atoms with Crippen molar-refractivity contribution in [2.24, 2.45) is 4.99 Å². The molecule has 1 aromatic heterocycles. The second-order valence-electron chi connectivity index (χ2n) is 6.90. The Morgan fingerprint density at radius 2 is 1.68 bits per heavy atom. The Kier molecular flexibility index (Phi) is 5.00. The molecule has 0 atom stereocenters. The van der Waals surface area contributed by atoms with Crippen LogP contribution in [0.3, 0.4) is 0 Å². The highest BCUT2D eigenvalue weighted by Crippen LogP contribution is 2.28. The van der Waals surface area contributed by atoms with Crippen LogP contribution in [0.15, 0.2) is 82.6 Å². The van der Waals surface area contributed by atoms with Gasteiger partial charge in [-0.1, -0.05) is 42.1 Å². The van der Waals surface area contributed by atoms with Gasteiger partial charge in [-0.15, -0.1) is 0 Å². The molecule has 0 spiro atoms. The minimum atomic E-state index is -1.27. The number of carboxylic acid groups (broad SMARTS) is 1. The maximum atomic E-state index is 13.4. The van der Waals surface area contributed by atoms with E-state index in [1.165, 1.54) is 29.7 Å². The van der Waals surface area contributed by atoms with E-state index in [0.29, 0.717) is 16.6 Å². The van der Waals surface area contributed by atoms with Crippen LogP contribution in [0.4, 0.5) is 5.69 Å². The van der Waals surface area contributed by atoms with Gasteiger partial charge in [0, 0.05) is 11.8 Å². The molecule has 0 aliphatic heterocycles. The normalized spacial score (nSPS) is 11.6. The maximum absolute atomic E-state index is 13.4. The molecule has 3 aromatic carbocycles. The molecule has 0 saturated carbocycles. The summed E-state index contributed by atoms with van der Waals surface area (Å²) in [5.41, 5.74) is 0.612. The van der Waals surface area contributed by atoms with E-state index >= 15 is 0 Å². The van der Waals surface area contributed by atoms with Crippen LogP contribution in [0, 0.1) is 0 Å². The van der Waals surface area contributed by atoms with Crippen LogP contribution in [0.25, 0.3) is 16.6 Å². The fraction of sp³-hybridized carbons (Fsp3) is 0.0417. The third kappa shape index (κ3) is 3.53. The molecule has 4 rings (SSSR count). The monoisotopic (exact) mass is 413 g/mol. The lowest BCUT2D eigenvalue weighted by atomic mass is 10.1. The summed E-state index contributed by atoms with van der Waals surface area (Å²) in [5.74, 6) is -2.17. The van der Waals surface area contributed by atoms with Crippen molar-refractivity contribution in [1.29, 1.82) is 0 Å². The molecule has 0 aliphatic carbocycles. The molecule has 0 amide bonds. The molecule has 154 valence electrons. The number of fused-ring (bicyclic) bond motifs is 1. The fourth-order valence-electron chi connectivity index (χ4n) is 3.49.